The molecule has 150 valence electrons. The molecule has 0 spiro atoms. The van der Waals surface area contributed by atoms with Gasteiger partial charge in [-0.1, -0.05) is 6.07 Å². The van der Waals surface area contributed by atoms with E-state index >= 15 is 0 Å². The van der Waals surface area contributed by atoms with Crippen LogP contribution >= 0.6 is 0 Å². The molecule has 0 aliphatic heterocycles. The molecule has 2 aromatic carbocycles. The second-order valence-electron chi connectivity index (χ2n) is 6.16. The van der Waals surface area contributed by atoms with Crippen molar-refractivity contribution in [3.63, 3.8) is 0 Å². The van der Waals surface area contributed by atoms with E-state index in [0.29, 0.717) is 34.9 Å². The molecule has 6 N–H and O–H groups in total. The van der Waals surface area contributed by atoms with Crippen molar-refractivity contribution in [3.8, 4) is 11.5 Å². The molecule has 0 aliphatic rings. The topological polar surface area (TPSA) is 138 Å². The Kier molecular flexibility index (Phi) is 7.22. The normalized spacial score (nSPS) is 12.7. The third-order valence-corrected chi connectivity index (χ3v) is 3.94. The Morgan fingerprint density at radius 1 is 1.21 bits per heavy atom. The van der Waals surface area contributed by atoms with Crippen molar-refractivity contribution in [3.05, 3.63) is 53.6 Å². The first kappa shape index (κ1) is 21.0. The highest BCUT2D eigenvalue weighted by atomic mass is 16.5. The Bertz CT molecular complexity index is 823. The molecule has 8 heteroatoms. The molecule has 0 aliphatic carbocycles. The Balaban J connectivity index is 2.30. The molecule has 8 nitrogen and oxygen atoms in total. The van der Waals surface area contributed by atoms with E-state index in [1.54, 1.807) is 49.4 Å². The van der Waals surface area contributed by atoms with Crippen LogP contribution in [-0.4, -0.2) is 41.3 Å². The van der Waals surface area contributed by atoms with Crippen LogP contribution in [0.15, 0.2) is 42.5 Å². The fraction of sp³-hybridized carbons (Fsp3) is 0.300. The lowest BCUT2D eigenvalue weighted by Gasteiger charge is -2.20. The van der Waals surface area contributed by atoms with Crippen molar-refractivity contribution in [2.75, 3.05) is 18.5 Å². The highest BCUT2D eigenvalue weighted by Crippen LogP contribution is 2.32. The van der Waals surface area contributed by atoms with Crippen LogP contribution in [0.1, 0.15) is 31.0 Å². The first-order valence-corrected chi connectivity index (χ1v) is 8.83. The number of anilines is 1. The number of ether oxygens (including phenoxy) is 2. The summed E-state index contributed by atoms with van der Waals surface area (Å²) >= 11 is 0. The van der Waals surface area contributed by atoms with Crippen LogP contribution in [0.4, 0.5) is 5.69 Å². The van der Waals surface area contributed by atoms with Gasteiger partial charge in [0.25, 0.3) is 0 Å². The van der Waals surface area contributed by atoms with Gasteiger partial charge in [-0.05, 0) is 55.8 Å². The van der Waals surface area contributed by atoms with Gasteiger partial charge >= 0.3 is 5.97 Å². The smallest absolute Gasteiger partial charge is 0.330 e. The Hall–Kier alpha value is -3.26. The lowest BCUT2D eigenvalue weighted by atomic mass is 10.1. The lowest BCUT2D eigenvalue weighted by Crippen LogP contribution is -2.21. The first-order chi connectivity index (χ1) is 13.3. The predicted molar refractivity (Wildman–Crippen MR) is 106 cm³/mol. The zero-order valence-electron chi connectivity index (χ0n) is 15.8. The molecule has 0 bridgehead atoms. The zero-order chi connectivity index (χ0) is 20.7. The fourth-order valence-corrected chi connectivity index (χ4v) is 2.52. The van der Waals surface area contributed by atoms with Crippen LogP contribution in [-0.2, 0) is 4.79 Å². The van der Waals surface area contributed by atoms with Crippen LogP contribution in [0.3, 0.4) is 0 Å². The van der Waals surface area contributed by atoms with Gasteiger partial charge < -0.3 is 30.7 Å². The molecule has 2 aromatic rings. The fourth-order valence-electron chi connectivity index (χ4n) is 2.52. The number of aliphatic carboxylic acids is 1. The van der Waals surface area contributed by atoms with Gasteiger partial charge in [-0.25, -0.2) is 4.79 Å². The Morgan fingerprint density at radius 3 is 2.43 bits per heavy atom. The highest BCUT2D eigenvalue weighted by Gasteiger charge is 2.22. The summed E-state index contributed by atoms with van der Waals surface area (Å²) in [5, 5.41) is 29.2. The van der Waals surface area contributed by atoms with Gasteiger partial charge in [-0.3, -0.25) is 5.41 Å². The molecule has 0 fully saturated rings. The number of carboxylic acid groups (broad SMARTS) is 1. The molecule has 0 saturated carbocycles. The number of aliphatic hydroxyl groups excluding tert-OH is 1. The summed E-state index contributed by atoms with van der Waals surface area (Å²) in [4.78, 5) is 11.8. The van der Waals surface area contributed by atoms with Gasteiger partial charge in [0.1, 0.15) is 11.9 Å². The van der Waals surface area contributed by atoms with E-state index < -0.39 is 18.1 Å². The SMILES string of the molecule is CCOc1cc(C(Nc2ccc(C(=N)N)cc2)C(=O)O)ccc1O[C@H](C)CO. The van der Waals surface area contributed by atoms with Gasteiger partial charge in [0.2, 0.25) is 0 Å². The summed E-state index contributed by atoms with van der Waals surface area (Å²) in [7, 11) is 0. The summed E-state index contributed by atoms with van der Waals surface area (Å²) in [5.74, 6) is -0.284. The van der Waals surface area contributed by atoms with Gasteiger partial charge in [0, 0.05) is 11.3 Å². The van der Waals surface area contributed by atoms with Gasteiger partial charge in [0.15, 0.2) is 17.5 Å². The Labute approximate surface area is 163 Å². The van der Waals surface area contributed by atoms with E-state index in [1.165, 1.54) is 0 Å². The van der Waals surface area contributed by atoms with E-state index in [9.17, 15) is 15.0 Å². The lowest BCUT2D eigenvalue weighted by molar-refractivity contribution is -0.138. The van der Waals surface area contributed by atoms with Crippen LogP contribution in [0, 0.1) is 5.41 Å². The van der Waals surface area contributed by atoms with E-state index in [2.05, 4.69) is 5.32 Å². The van der Waals surface area contributed by atoms with Crippen molar-refractivity contribution >= 4 is 17.5 Å². The minimum Gasteiger partial charge on any atom is -0.490 e. The molecule has 2 atom stereocenters. The molecule has 0 amide bonds. The van der Waals surface area contributed by atoms with Gasteiger partial charge in [-0.2, -0.15) is 0 Å². The van der Waals surface area contributed by atoms with Crippen LogP contribution in [0.5, 0.6) is 11.5 Å². The highest BCUT2D eigenvalue weighted by molar-refractivity contribution is 5.95. The average molecular weight is 387 g/mol. The maximum Gasteiger partial charge on any atom is 0.330 e. The monoisotopic (exact) mass is 387 g/mol. The number of nitrogen functional groups attached to an aromatic ring is 1. The molecule has 0 saturated heterocycles. The maximum atomic E-state index is 11.8. The third kappa shape index (κ3) is 5.37. The number of hydrogen-bond acceptors (Lipinski definition) is 6. The molecule has 0 aromatic heterocycles. The minimum absolute atomic E-state index is 0.0598. The van der Waals surface area contributed by atoms with E-state index in [1.807, 2.05) is 6.92 Å². The van der Waals surface area contributed by atoms with Crippen LogP contribution in [0.25, 0.3) is 0 Å². The number of hydrogen-bond donors (Lipinski definition) is 5. The summed E-state index contributed by atoms with van der Waals surface area (Å²) in [6.45, 7) is 3.76. The molecule has 2 rings (SSSR count). The van der Waals surface area contributed by atoms with Crippen molar-refractivity contribution in [1.82, 2.24) is 0 Å². The molecule has 28 heavy (non-hydrogen) atoms. The first-order valence-electron chi connectivity index (χ1n) is 8.83. The number of carbonyl (C=O) groups is 1. The average Bonchev–Trinajstić information content (AvgIpc) is 2.67. The number of aliphatic hydroxyl groups is 1. The Morgan fingerprint density at radius 2 is 1.89 bits per heavy atom. The number of carboxylic acids is 1. The van der Waals surface area contributed by atoms with Crippen molar-refractivity contribution in [2.24, 2.45) is 5.73 Å². The van der Waals surface area contributed by atoms with E-state index in [-0.39, 0.29) is 12.4 Å². The predicted octanol–water partition coefficient (Wildman–Crippen LogP) is 2.37. The molecule has 0 heterocycles. The summed E-state index contributed by atoms with van der Waals surface area (Å²) in [6, 6.07) is 10.5. The number of nitrogens with one attached hydrogen (secondary N) is 2. The van der Waals surface area contributed by atoms with Gasteiger partial charge in [-0.15, -0.1) is 0 Å². The number of benzene rings is 2. The minimum atomic E-state index is -1.06. The van der Waals surface area contributed by atoms with Crippen LogP contribution < -0.4 is 20.5 Å². The van der Waals surface area contributed by atoms with Crippen molar-refractivity contribution in [1.29, 1.82) is 5.41 Å². The molecular formula is C20H25N3O5. The quantitative estimate of drug-likeness (QED) is 0.312. The second-order valence-corrected chi connectivity index (χ2v) is 6.16. The largest absolute Gasteiger partial charge is 0.490 e. The standard InChI is InChI=1S/C20H25N3O5/c1-3-27-17-10-14(6-9-16(17)28-12(2)11-24)18(20(25)26)23-15-7-4-13(5-8-15)19(21)22/h4-10,12,18,23-24H,3,11H2,1-2H3,(H3,21,22)(H,25,26)/t12-,18?/m1/s1. The summed E-state index contributed by atoms with van der Waals surface area (Å²) in [5.41, 5.74) is 7.04. The molecule has 0 radical (unpaired) electrons. The number of nitrogens with two attached hydrogens (primary N) is 1. The number of amidine groups is 1. The van der Waals surface area contributed by atoms with E-state index in [0.717, 1.165) is 0 Å². The second kappa shape index (κ2) is 9.61. The van der Waals surface area contributed by atoms with Crippen LogP contribution in [0.2, 0.25) is 0 Å². The third-order valence-electron chi connectivity index (χ3n) is 3.94. The molecular weight excluding hydrogens is 362 g/mol. The zero-order valence-corrected chi connectivity index (χ0v) is 15.8. The van der Waals surface area contributed by atoms with Gasteiger partial charge in [0.05, 0.1) is 13.2 Å². The summed E-state index contributed by atoms with van der Waals surface area (Å²) < 4.78 is 11.2. The maximum absolute atomic E-state index is 11.8. The van der Waals surface area contributed by atoms with Crippen molar-refractivity contribution in [2.45, 2.75) is 26.0 Å². The van der Waals surface area contributed by atoms with E-state index in [4.69, 9.17) is 20.6 Å². The van der Waals surface area contributed by atoms with Crippen molar-refractivity contribution < 1.29 is 24.5 Å². The summed E-state index contributed by atoms with van der Waals surface area (Å²) in [6.07, 6.45) is -0.418. The number of rotatable bonds is 10. The molecule has 1 unspecified atom stereocenters.